The van der Waals surface area contributed by atoms with Gasteiger partial charge >= 0.3 is 6.09 Å². The van der Waals surface area contributed by atoms with Crippen LogP contribution in [0.3, 0.4) is 0 Å². The number of ether oxygens (including phenoxy) is 2. The van der Waals surface area contributed by atoms with Crippen molar-refractivity contribution in [3.8, 4) is 5.75 Å². The van der Waals surface area contributed by atoms with Gasteiger partial charge in [0.05, 0.1) is 12.3 Å². The Labute approximate surface area is 138 Å². The lowest BCUT2D eigenvalue weighted by Gasteiger charge is -2.34. The van der Waals surface area contributed by atoms with Crippen LogP contribution < -0.4 is 4.74 Å². The first-order valence-electron chi connectivity index (χ1n) is 8.31. The zero-order valence-electron chi connectivity index (χ0n) is 14.4. The number of hydrogen-bond donors (Lipinski definition) is 0. The fraction of sp³-hybridized carbons (Fsp3) is 0.526. The van der Waals surface area contributed by atoms with Crippen LogP contribution in [0.15, 0.2) is 24.3 Å². The van der Waals surface area contributed by atoms with E-state index in [1.807, 2.05) is 32.9 Å². The number of hydrogen-bond acceptors (Lipinski definition) is 3. The third-order valence-electron chi connectivity index (χ3n) is 4.13. The highest BCUT2D eigenvalue weighted by atomic mass is 16.6. The second-order valence-electron chi connectivity index (χ2n) is 7.40. The quantitative estimate of drug-likeness (QED) is 0.778. The van der Waals surface area contributed by atoms with Crippen LogP contribution in [0.5, 0.6) is 5.75 Å². The van der Waals surface area contributed by atoms with Crippen molar-refractivity contribution in [3.63, 3.8) is 0 Å². The first-order chi connectivity index (χ1) is 10.8. The number of amides is 1. The molecule has 0 radical (unpaired) electrons. The van der Waals surface area contributed by atoms with E-state index in [1.165, 1.54) is 5.56 Å². The van der Waals surface area contributed by atoms with Crippen molar-refractivity contribution in [2.24, 2.45) is 5.92 Å². The summed E-state index contributed by atoms with van der Waals surface area (Å²) < 4.78 is 11.3. The summed E-state index contributed by atoms with van der Waals surface area (Å²) in [5.41, 5.74) is 2.75. The van der Waals surface area contributed by atoms with Crippen molar-refractivity contribution in [1.29, 1.82) is 0 Å². The average molecular weight is 315 g/mol. The lowest BCUT2D eigenvalue weighted by Crippen LogP contribution is -2.40. The van der Waals surface area contributed by atoms with Crippen molar-refractivity contribution in [3.05, 3.63) is 35.4 Å². The van der Waals surface area contributed by atoms with Crippen LogP contribution >= 0.6 is 0 Å². The van der Waals surface area contributed by atoms with E-state index in [0.717, 1.165) is 29.9 Å². The molecule has 1 amide bonds. The van der Waals surface area contributed by atoms with Gasteiger partial charge in [0.1, 0.15) is 11.4 Å². The van der Waals surface area contributed by atoms with Gasteiger partial charge in [-0.3, -0.25) is 4.90 Å². The van der Waals surface area contributed by atoms with Crippen LogP contribution in [0, 0.1) is 5.92 Å². The fourth-order valence-electron chi connectivity index (χ4n) is 3.11. The van der Waals surface area contributed by atoms with Crippen LogP contribution in [0.2, 0.25) is 0 Å². The Bertz CT molecular complexity index is 643. The monoisotopic (exact) mass is 315 g/mol. The van der Waals surface area contributed by atoms with Gasteiger partial charge in [0.15, 0.2) is 0 Å². The molecule has 1 atom stereocenters. The lowest BCUT2D eigenvalue weighted by molar-refractivity contribution is 0.0327. The standard InChI is InChI=1S/C19H25NO3/c1-13-8-9-16(20(12-13)18(21)23-19(2,3)4)14-6-5-7-17-15(14)10-11-22-17/h5-7,9,13H,8,10-12H2,1-4H3/t13-/m0/s1. The van der Waals surface area contributed by atoms with Gasteiger partial charge in [-0.25, -0.2) is 4.79 Å². The molecule has 0 saturated carbocycles. The summed E-state index contributed by atoms with van der Waals surface area (Å²) >= 11 is 0. The third-order valence-corrected chi connectivity index (χ3v) is 4.13. The molecule has 0 saturated heterocycles. The molecule has 4 heteroatoms. The maximum absolute atomic E-state index is 12.7. The Morgan fingerprint density at radius 1 is 1.35 bits per heavy atom. The average Bonchev–Trinajstić information content (AvgIpc) is 2.94. The molecule has 0 N–H and O–H groups in total. The SMILES string of the molecule is C[C@H]1CC=C(c2cccc3c2CCO3)N(C(=O)OC(C)(C)C)C1. The van der Waals surface area contributed by atoms with Crippen LogP contribution in [-0.2, 0) is 11.2 Å². The second-order valence-corrected chi connectivity index (χ2v) is 7.40. The van der Waals surface area contributed by atoms with Gasteiger partial charge in [-0.15, -0.1) is 0 Å². The van der Waals surface area contributed by atoms with Gasteiger partial charge in [0.2, 0.25) is 0 Å². The van der Waals surface area contributed by atoms with Crippen molar-refractivity contribution < 1.29 is 14.3 Å². The van der Waals surface area contributed by atoms with E-state index < -0.39 is 5.60 Å². The minimum atomic E-state index is -0.495. The molecule has 1 aromatic carbocycles. The van der Waals surface area contributed by atoms with Gasteiger partial charge < -0.3 is 9.47 Å². The summed E-state index contributed by atoms with van der Waals surface area (Å²) in [4.78, 5) is 14.5. The predicted octanol–water partition coefficient (Wildman–Crippen LogP) is 4.24. The van der Waals surface area contributed by atoms with Gasteiger partial charge in [0.25, 0.3) is 0 Å². The van der Waals surface area contributed by atoms with E-state index in [1.54, 1.807) is 4.90 Å². The Morgan fingerprint density at radius 3 is 2.87 bits per heavy atom. The molecule has 0 unspecified atom stereocenters. The summed E-state index contributed by atoms with van der Waals surface area (Å²) in [6.45, 7) is 9.25. The first kappa shape index (κ1) is 15.9. The summed E-state index contributed by atoms with van der Waals surface area (Å²) in [5.74, 6) is 1.37. The molecule has 0 aliphatic carbocycles. The molecule has 124 valence electrons. The predicted molar refractivity (Wildman–Crippen MR) is 90.3 cm³/mol. The summed E-state index contributed by atoms with van der Waals surface area (Å²) in [7, 11) is 0. The van der Waals surface area contributed by atoms with Gasteiger partial charge in [-0.2, -0.15) is 0 Å². The fourth-order valence-corrected chi connectivity index (χ4v) is 3.11. The second kappa shape index (κ2) is 5.91. The van der Waals surface area contributed by atoms with E-state index in [-0.39, 0.29) is 6.09 Å². The molecule has 4 nitrogen and oxygen atoms in total. The van der Waals surface area contributed by atoms with E-state index in [9.17, 15) is 4.79 Å². The molecule has 0 aromatic heterocycles. The zero-order valence-corrected chi connectivity index (χ0v) is 14.4. The minimum absolute atomic E-state index is 0.271. The van der Waals surface area contributed by atoms with Crippen LogP contribution in [0.1, 0.15) is 45.2 Å². The lowest BCUT2D eigenvalue weighted by atomic mass is 9.95. The topological polar surface area (TPSA) is 38.8 Å². The maximum atomic E-state index is 12.7. The van der Waals surface area contributed by atoms with Gasteiger partial charge in [0, 0.05) is 24.1 Å². The van der Waals surface area contributed by atoms with E-state index >= 15 is 0 Å². The highest BCUT2D eigenvalue weighted by molar-refractivity contribution is 5.84. The zero-order chi connectivity index (χ0) is 16.6. The smallest absolute Gasteiger partial charge is 0.414 e. The summed E-state index contributed by atoms with van der Waals surface area (Å²) in [6.07, 6.45) is 3.75. The number of fused-ring (bicyclic) bond motifs is 1. The molecule has 1 aromatic rings. The molecular formula is C19H25NO3. The van der Waals surface area contributed by atoms with E-state index in [4.69, 9.17) is 9.47 Å². The highest BCUT2D eigenvalue weighted by Crippen LogP contribution is 2.36. The molecule has 0 spiro atoms. The van der Waals surface area contributed by atoms with Crippen LogP contribution in [0.4, 0.5) is 4.79 Å². The van der Waals surface area contributed by atoms with Gasteiger partial charge in [-0.05, 0) is 39.2 Å². The Balaban J connectivity index is 1.96. The van der Waals surface area contributed by atoms with Crippen molar-refractivity contribution in [2.75, 3.05) is 13.2 Å². The Hall–Kier alpha value is -1.97. The largest absolute Gasteiger partial charge is 0.493 e. The third kappa shape index (κ3) is 3.36. The van der Waals surface area contributed by atoms with E-state index in [0.29, 0.717) is 19.1 Å². The Morgan fingerprint density at radius 2 is 2.13 bits per heavy atom. The molecule has 2 aliphatic heterocycles. The summed E-state index contributed by atoms with van der Waals surface area (Å²) in [5, 5.41) is 0. The number of nitrogens with zero attached hydrogens (tertiary/aromatic N) is 1. The van der Waals surface area contributed by atoms with Crippen LogP contribution in [0.25, 0.3) is 5.70 Å². The molecule has 23 heavy (non-hydrogen) atoms. The number of carbonyl (C=O) groups is 1. The molecular weight excluding hydrogens is 290 g/mol. The first-order valence-corrected chi connectivity index (χ1v) is 8.31. The van der Waals surface area contributed by atoms with Crippen molar-refractivity contribution in [1.82, 2.24) is 4.90 Å². The molecule has 2 heterocycles. The number of rotatable bonds is 1. The molecule has 2 aliphatic rings. The van der Waals surface area contributed by atoms with Crippen LogP contribution in [-0.4, -0.2) is 29.7 Å². The van der Waals surface area contributed by atoms with Crippen molar-refractivity contribution >= 4 is 11.8 Å². The van der Waals surface area contributed by atoms with E-state index in [2.05, 4.69) is 19.1 Å². The minimum Gasteiger partial charge on any atom is -0.493 e. The Kier molecular flexibility index (Phi) is 4.09. The molecule has 3 rings (SSSR count). The number of carbonyl (C=O) groups excluding carboxylic acids is 1. The van der Waals surface area contributed by atoms with Gasteiger partial charge in [-0.1, -0.05) is 25.1 Å². The number of benzene rings is 1. The highest BCUT2D eigenvalue weighted by Gasteiger charge is 2.31. The normalized spacial score (nSPS) is 20.6. The molecule has 0 bridgehead atoms. The number of allylic oxidation sites excluding steroid dienone is 1. The molecule has 0 fully saturated rings. The van der Waals surface area contributed by atoms with Crippen molar-refractivity contribution in [2.45, 2.75) is 46.1 Å². The maximum Gasteiger partial charge on any atom is 0.414 e. The summed E-state index contributed by atoms with van der Waals surface area (Å²) in [6, 6.07) is 6.06.